The minimum Gasteiger partial charge on any atom is -0.236 e. The van der Waals surface area contributed by atoms with E-state index in [2.05, 4.69) is 38.5 Å². The third-order valence-electron chi connectivity index (χ3n) is 3.59. The van der Waals surface area contributed by atoms with Gasteiger partial charge in [-0.2, -0.15) is 0 Å². The number of hydrogen-bond donors (Lipinski definition) is 0. The largest absolute Gasteiger partial charge is 0.236 e. The molecule has 0 bridgehead atoms. The molecule has 1 aliphatic rings. The van der Waals surface area contributed by atoms with Crippen molar-refractivity contribution in [2.24, 2.45) is 0 Å². The number of nitrogens with zero attached hydrogens (tertiary/aromatic N) is 3. The first kappa shape index (κ1) is 12.7. The lowest BCUT2D eigenvalue weighted by Crippen LogP contribution is -2.06. The summed E-state index contributed by atoms with van der Waals surface area (Å²) in [7, 11) is 0. The summed E-state index contributed by atoms with van der Waals surface area (Å²) in [4.78, 5) is 8.51. The molecule has 0 aliphatic carbocycles. The fourth-order valence-corrected chi connectivity index (χ4v) is 3.57. The van der Waals surface area contributed by atoms with Gasteiger partial charge in [0, 0.05) is 18.5 Å². The molecule has 1 aliphatic heterocycles. The molecule has 0 saturated heterocycles. The van der Waals surface area contributed by atoms with E-state index in [1.807, 2.05) is 0 Å². The molecule has 0 N–H and O–H groups in total. The SMILES string of the molecule is Fc1ccc2ncnc(SN3Cc4ccccc4C3)c2c1. The van der Waals surface area contributed by atoms with Gasteiger partial charge in [0.1, 0.15) is 17.2 Å². The Balaban J connectivity index is 1.66. The second kappa shape index (κ2) is 5.09. The summed E-state index contributed by atoms with van der Waals surface area (Å²) in [5, 5.41) is 1.56. The van der Waals surface area contributed by atoms with Crippen molar-refractivity contribution in [1.29, 1.82) is 0 Å². The van der Waals surface area contributed by atoms with Gasteiger partial charge >= 0.3 is 0 Å². The first-order valence-electron chi connectivity index (χ1n) is 6.69. The molecule has 5 heteroatoms. The number of rotatable bonds is 2. The van der Waals surface area contributed by atoms with E-state index >= 15 is 0 Å². The standard InChI is InChI=1S/C16H12FN3S/c17-13-5-6-15-14(7-13)16(19-10-18-15)21-20-8-11-3-1-2-4-12(11)9-20/h1-7,10H,8-9H2. The van der Waals surface area contributed by atoms with Gasteiger partial charge in [-0.25, -0.2) is 18.7 Å². The van der Waals surface area contributed by atoms with E-state index in [0.29, 0.717) is 0 Å². The van der Waals surface area contributed by atoms with Crippen LogP contribution in [-0.4, -0.2) is 14.3 Å². The van der Waals surface area contributed by atoms with Crippen molar-refractivity contribution in [3.05, 3.63) is 65.7 Å². The van der Waals surface area contributed by atoms with Gasteiger partial charge in [-0.05, 0) is 41.3 Å². The highest BCUT2D eigenvalue weighted by Crippen LogP contribution is 2.34. The fourth-order valence-electron chi connectivity index (χ4n) is 2.57. The van der Waals surface area contributed by atoms with Crippen LogP contribution in [0.4, 0.5) is 4.39 Å². The van der Waals surface area contributed by atoms with Gasteiger partial charge in [0.15, 0.2) is 0 Å². The quantitative estimate of drug-likeness (QED) is 0.531. The monoisotopic (exact) mass is 297 g/mol. The van der Waals surface area contributed by atoms with E-state index in [-0.39, 0.29) is 5.82 Å². The Kier molecular flexibility index (Phi) is 3.09. The van der Waals surface area contributed by atoms with Crippen molar-refractivity contribution in [3.63, 3.8) is 0 Å². The van der Waals surface area contributed by atoms with Crippen LogP contribution in [0.3, 0.4) is 0 Å². The predicted octanol–water partition coefficient (Wildman–Crippen LogP) is 3.79. The lowest BCUT2D eigenvalue weighted by atomic mass is 10.1. The second-order valence-corrected chi connectivity index (χ2v) is 6.08. The van der Waals surface area contributed by atoms with Crippen molar-refractivity contribution < 1.29 is 4.39 Å². The van der Waals surface area contributed by atoms with Crippen molar-refractivity contribution in [2.75, 3.05) is 0 Å². The van der Waals surface area contributed by atoms with Crippen LogP contribution in [0.5, 0.6) is 0 Å². The summed E-state index contributed by atoms with van der Waals surface area (Å²) in [6.45, 7) is 1.75. The molecule has 0 fully saturated rings. The molecule has 0 spiro atoms. The van der Waals surface area contributed by atoms with Gasteiger partial charge in [0.2, 0.25) is 0 Å². The number of halogens is 1. The van der Waals surface area contributed by atoms with Crippen LogP contribution in [0, 0.1) is 5.82 Å². The molecule has 3 nitrogen and oxygen atoms in total. The highest BCUT2D eigenvalue weighted by atomic mass is 32.2. The third-order valence-corrected chi connectivity index (χ3v) is 4.60. The van der Waals surface area contributed by atoms with E-state index < -0.39 is 0 Å². The van der Waals surface area contributed by atoms with Crippen LogP contribution in [0.2, 0.25) is 0 Å². The molecule has 2 aromatic carbocycles. The topological polar surface area (TPSA) is 29.0 Å². The van der Waals surface area contributed by atoms with Crippen LogP contribution in [0.15, 0.2) is 53.8 Å². The zero-order chi connectivity index (χ0) is 14.2. The minimum atomic E-state index is -0.260. The number of hydrogen-bond acceptors (Lipinski definition) is 4. The van der Waals surface area contributed by atoms with Gasteiger partial charge in [-0.15, -0.1) is 0 Å². The van der Waals surface area contributed by atoms with Gasteiger partial charge in [0.25, 0.3) is 0 Å². The molecule has 0 atom stereocenters. The van der Waals surface area contributed by atoms with Crippen LogP contribution >= 0.6 is 11.9 Å². The normalized spacial score (nSPS) is 14.5. The zero-order valence-electron chi connectivity index (χ0n) is 11.2. The van der Waals surface area contributed by atoms with Crippen molar-refractivity contribution in [3.8, 4) is 0 Å². The molecule has 0 amide bonds. The van der Waals surface area contributed by atoms with Crippen molar-refractivity contribution >= 4 is 22.9 Å². The number of aromatic nitrogens is 2. The molecule has 104 valence electrons. The molecule has 1 aromatic heterocycles. The van der Waals surface area contributed by atoms with Crippen LogP contribution in [0.1, 0.15) is 11.1 Å². The van der Waals surface area contributed by atoms with Crippen LogP contribution in [-0.2, 0) is 13.1 Å². The van der Waals surface area contributed by atoms with E-state index in [1.165, 1.54) is 29.6 Å². The molecule has 2 heterocycles. The maximum Gasteiger partial charge on any atom is 0.124 e. The third kappa shape index (κ3) is 2.39. The molecule has 0 radical (unpaired) electrons. The highest BCUT2D eigenvalue weighted by molar-refractivity contribution is 7.97. The Bertz CT molecular complexity index is 796. The van der Waals surface area contributed by atoms with E-state index in [4.69, 9.17) is 0 Å². The van der Waals surface area contributed by atoms with Gasteiger partial charge in [0.05, 0.1) is 5.52 Å². The first-order chi connectivity index (χ1) is 10.3. The van der Waals surface area contributed by atoms with E-state index in [9.17, 15) is 4.39 Å². The van der Waals surface area contributed by atoms with E-state index in [1.54, 1.807) is 18.0 Å². The minimum absolute atomic E-state index is 0.260. The molecule has 3 aromatic rings. The summed E-state index contributed by atoms with van der Waals surface area (Å²) in [6, 6.07) is 13.0. The maximum absolute atomic E-state index is 13.5. The molecule has 0 unspecified atom stereocenters. The van der Waals surface area contributed by atoms with E-state index in [0.717, 1.165) is 29.0 Å². The number of fused-ring (bicyclic) bond motifs is 2. The maximum atomic E-state index is 13.5. The smallest absolute Gasteiger partial charge is 0.124 e. The number of benzene rings is 2. The Morgan fingerprint density at radius 1 is 1.00 bits per heavy atom. The Labute approximate surface area is 126 Å². The second-order valence-electron chi connectivity index (χ2n) is 5.00. The highest BCUT2D eigenvalue weighted by Gasteiger charge is 2.20. The zero-order valence-corrected chi connectivity index (χ0v) is 12.0. The summed E-state index contributed by atoms with van der Waals surface area (Å²) in [6.07, 6.45) is 1.53. The Morgan fingerprint density at radius 3 is 2.52 bits per heavy atom. The average molecular weight is 297 g/mol. The Hall–Kier alpha value is -1.98. The molecular formula is C16H12FN3S. The molecule has 0 saturated carbocycles. The van der Waals surface area contributed by atoms with Gasteiger partial charge < -0.3 is 0 Å². The summed E-state index contributed by atoms with van der Waals surface area (Å²) in [5.74, 6) is -0.260. The van der Waals surface area contributed by atoms with Gasteiger partial charge in [-0.3, -0.25) is 0 Å². The Morgan fingerprint density at radius 2 is 1.76 bits per heavy atom. The summed E-state index contributed by atoms with van der Waals surface area (Å²) in [5.41, 5.74) is 3.45. The predicted molar refractivity (Wildman–Crippen MR) is 81.0 cm³/mol. The molecule has 21 heavy (non-hydrogen) atoms. The molecule has 4 rings (SSSR count). The van der Waals surface area contributed by atoms with Crippen molar-refractivity contribution in [2.45, 2.75) is 18.1 Å². The summed E-state index contributed by atoms with van der Waals surface area (Å²) >= 11 is 1.56. The van der Waals surface area contributed by atoms with Crippen LogP contribution < -0.4 is 0 Å². The lowest BCUT2D eigenvalue weighted by Gasteiger charge is -2.13. The van der Waals surface area contributed by atoms with Crippen LogP contribution in [0.25, 0.3) is 10.9 Å². The first-order valence-corrected chi connectivity index (χ1v) is 7.47. The lowest BCUT2D eigenvalue weighted by molar-refractivity contribution is 0.508. The summed E-state index contributed by atoms with van der Waals surface area (Å²) < 4.78 is 15.7. The fraction of sp³-hybridized carbons (Fsp3) is 0.125. The van der Waals surface area contributed by atoms with Gasteiger partial charge in [-0.1, -0.05) is 24.3 Å². The molecular weight excluding hydrogens is 285 g/mol. The average Bonchev–Trinajstić information content (AvgIpc) is 2.90. The van der Waals surface area contributed by atoms with Crippen molar-refractivity contribution in [1.82, 2.24) is 14.3 Å².